The molecule has 0 saturated carbocycles. The summed E-state index contributed by atoms with van der Waals surface area (Å²) in [6, 6.07) is 63.7. The van der Waals surface area contributed by atoms with E-state index < -0.39 is 0 Å². The SMILES string of the molecule is CC1(C)c2ccccc2-c2cc3c4ccccc4n(-c4cccc(-c5cccc(-n6c7ccccc7c7cc8c(cc76)C(C)(C)c6ccccc6-8)c5)c4)c3cc21. The van der Waals surface area contributed by atoms with Crippen molar-refractivity contribution in [2.75, 3.05) is 0 Å². The maximum absolute atomic E-state index is 2.48. The van der Waals surface area contributed by atoms with Gasteiger partial charge in [0.05, 0.1) is 22.1 Å². The van der Waals surface area contributed by atoms with Crippen molar-refractivity contribution < 1.29 is 0 Å². The fraction of sp³-hybridized carbons (Fsp3) is 0.111. The van der Waals surface area contributed by atoms with Gasteiger partial charge in [0.2, 0.25) is 0 Å². The highest BCUT2D eigenvalue weighted by Crippen LogP contribution is 2.52. The molecular formula is C54H40N2. The van der Waals surface area contributed by atoms with Crippen molar-refractivity contribution in [3.8, 4) is 44.8 Å². The van der Waals surface area contributed by atoms with Crippen LogP contribution in [0.15, 0.2) is 170 Å². The van der Waals surface area contributed by atoms with Gasteiger partial charge in [-0.2, -0.15) is 0 Å². The molecule has 0 saturated heterocycles. The van der Waals surface area contributed by atoms with E-state index in [2.05, 4.69) is 207 Å². The maximum atomic E-state index is 2.48. The Morgan fingerprint density at radius 2 is 0.714 bits per heavy atom. The van der Waals surface area contributed by atoms with Crippen molar-refractivity contribution in [1.82, 2.24) is 9.13 Å². The summed E-state index contributed by atoms with van der Waals surface area (Å²) in [6.45, 7) is 9.48. The number of hydrogen-bond donors (Lipinski definition) is 0. The third-order valence-corrected chi connectivity index (χ3v) is 13.3. The molecule has 0 atom stereocenters. The fourth-order valence-electron chi connectivity index (χ4n) is 10.5. The molecule has 2 aliphatic rings. The fourth-order valence-corrected chi connectivity index (χ4v) is 10.5. The summed E-state index contributed by atoms with van der Waals surface area (Å²) in [5.41, 5.74) is 20.6. The van der Waals surface area contributed by atoms with Crippen LogP contribution in [0.5, 0.6) is 0 Å². The zero-order valence-electron chi connectivity index (χ0n) is 32.1. The maximum Gasteiger partial charge on any atom is 0.0544 e. The summed E-state index contributed by atoms with van der Waals surface area (Å²) in [4.78, 5) is 0. The average molecular weight is 717 g/mol. The van der Waals surface area contributed by atoms with Crippen LogP contribution in [-0.4, -0.2) is 9.13 Å². The molecular weight excluding hydrogens is 677 g/mol. The third-order valence-electron chi connectivity index (χ3n) is 13.3. The Hall–Kier alpha value is -6.64. The Bertz CT molecular complexity index is 3090. The summed E-state index contributed by atoms with van der Waals surface area (Å²) in [6.07, 6.45) is 0. The second-order valence-corrected chi connectivity index (χ2v) is 17.0. The number of para-hydroxylation sites is 2. The molecule has 0 N–H and O–H groups in total. The summed E-state index contributed by atoms with van der Waals surface area (Å²) >= 11 is 0. The molecule has 0 unspecified atom stereocenters. The van der Waals surface area contributed by atoms with E-state index in [1.54, 1.807) is 0 Å². The lowest BCUT2D eigenvalue weighted by molar-refractivity contribution is 0.661. The summed E-state index contributed by atoms with van der Waals surface area (Å²) < 4.78 is 4.95. The molecule has 10 aromatic rings. The summed E-state index contributed by atoms with van der Waals surface area (Å²) in [5.74, 6) is 0. The first kappa shape index (κ1) is 31.7. The van der Waals surface area contributed by atoms with Crippen molar-refractivity contribution >= 4 is 43.6 Å². The minimum atomic E-state index is -0.0731. The van der Waals surface area contributed by atoms with E-state index in [0.717, 1.165) is 0 Å². The first-order chi connectivity index (χ1) is 27.3. The number of aromatic nitrogens is 2. The number of fused-ring (bicyclic) bond motifs is 12. The molecule has 0 fully saturated rings. The molecule has 0 spiro atoms. The van der Waals surface area contributed by atoms with Crippen LogP contribution in [0.25, 0.3) is 88.4 Å². The standard InChI is InChI=1S/C54H40N2/c1-53(2)45-23-9-5-19-37(45)41-29-43-39-21-7-11-25-49(39)55(51(43)31-47(41)53)35-17-13-15-33(27-35)34-16-14-18-36(28-34)56-50-26-12-8-22-40(50)44-30-42-38-20-6-10-24-46(38)54(3,4)48(42)32-52(44)56/h5-32H,1-4H3. The molecule has 0 amide bonds. The van der Waals surface area contributed by atoms with Crippen LogP contribution >= 0.6 is 0 Å². The smallest absolute Gasteiger partial charge is 0.0544 e. The molecule has 0 bridgehead atoms. The Morgan fingerprint density at radius 1 is 0.304 bits per heavy atom. The van der Waals surface area contributed by atoms with Crippen LogP contribution < -0.4 is 0 Å². The van der Waals surface area contributed by atoms with Crippen LogP contribution in [-0.2, 0) is 10.8 Å². The zero-order valence-corrected chi connectivity index (χ0v) is 32.1. The van der Waals surface area contributed by atoms with E-state index in [-0.39, 0.29) is 10.8 Å². The predicted molar refractivity (Wildman–Crippen MR) is 236 cm³/mol. The van der Waals surface area contributed by atoms with Crippen molar-refractivity contribution in [2.24, 2.45) is 0 Å². The first-order valence-corrected chi connectivity index (χ1v) is 19.9. The van der Waals surface area contributed by atoms with Gasteiger partial charge in [0, 0.05) is 43.7 Å². The minimum absolute atomic E-state index is 0.0731. The van der Waals surface area contributed by atoms with Gasteiger partial charge < -0.3 is 9.13 Å². The zero-order chi connectivity index (χ0) is 37.5. The van der Waals surface area contributed by atoms with E-state index in [1.165, 1.54) is 111 Å². The van der Waals surface area contributed by atoms with Crippen LogP contribution in [0.4, 0.5) is 0 Å². The molecule has 12 rings (SSSR count). The predicted octanol–water partition coefficient (Wildman–Crippen LogP) is 14.2. The van der Waals surface area contributed by atoms with Crippen molar-refractivity contribution in [3.63, 3.8) is 0 Å². The number of rotatable bonds is 3. The highest BCUT2D eigenvalue weighted by molar-refractivity contribution is 6.13. The lowest BCUT2D eigenvalue weighted by Crippen LogP contribution is -2.15. The van der Waals surface area contributed by atoms with E-state index in [9.17, 15) is 0 Å². The highest BCUT2D eigenvalue weighted by atomic mass is 15.0. The van der Waals surface area contributed by atoms with Crippen LogP contribution in [0.2, 0.25) is 0 Å². The van der Waals surface area contributed by atoms with E-state index >= 15 is 0 Å². The molecule has 8 aromatic carbocycles. The molecule has 0 radical (unpaired) electrons. The van der Waals surface area contributed by atoms with Crippen molar-refractivity contribution in [2.45, 2.75) is 38.5 Å². The Labute approximate surface area is 326 Å². The second kappa shape index (κ2) is 11.0. The Morgan fingerprint density at radius 3 is 1.18 bits per heavy atom. The number of benzene rings is 8. The highest BCUT2D eigenvalue weighted by Gasteiger charge is 2.37. The molecule has 2 aliphatic carbocycles. The normalized spacial score (nSPS) is 14.7. The lowest BCUT2D eigenvalue weighted by atomic mass is 9.82. The Balaban J connectivity index is 1.03. The average Bonchev–Trinajstić information content (AvgIpc) is 3.88. The van der Waals surface area contributed by atoms with Gasteiger partial charge in [0.15, 0.2) is 0 Å². The molecule has 56 heavy (non-hydrogen) atoms. The quantitative estimate of drug-likeness (QED) is 0.172. The van der Waals surface area contributed by atoms with E-state index in [0.29, 0.717) is 0 Å². The number of nitrogens with zero attached hydrogens (tertiary/aromatic N) is 2. The molecule has 266 valence electrons. The van der Waals surface area contributed by atoms with Gasteiger partial charge in [-0.25, -0.2) is 0 Å². The van der Waals surface area contributed by atoms with E-state index in [1.807, 2.05) is 0 Å². The topological polar surface area (TPSA) is 9.86 Å². The van der Waals surface area contributed by atoms with Gasteiger partial charge in [-0.05, 0) is 116 Å². The molecule has 2 nitrogen and oxygen atoms in total. The lowest BCUT2D eigenvalue weighted by Gasteiger charge is -2.22. The van der Waals surface area contributed by atoms with Gasteiger partial charge in [0.25, 0.3) is 0 Å². The van der Waals surface area contributed by atoms with Gasteiger partial charge in [-0.15, -0.1) is 0 Å². The molecule has 2 heterocycles. The van der Waals surface area contributed by atoms with Crippen molar-refractivity contribution in [1.29, 1.82) is 0 Å². The minimum Gasteiger partial charge on any atom is -0.309 e. The van der Waals surface area contributed by atoms with Gasteiger partial charge in [-0.1, -0.05) is 137 Å². The van der Waals surface area contributed by atoms with Gasteiger partial charge in [0.1, 0.15) is 0 Å². The molecule has 2 heteroatoms. The molecule has 2 aromatic heterocycles. The summed E-state index contributed by atoms with van der Waals surface area (Å²) in [5, 5.41) is 5.15. The monoisotopic (exact) mass is 716 g/mol. The van der Waals surface area contributed by atoms with Crippen LogP contribution in [0.1, 0.15) is 49.9 Å². The Kier molecular flexibility index (Phi) is 6.22. The largest absolute Gasteiger partial charge is 0.309 e. The van der Waals surface area contributed by atoms with Gasteiger partial charge in [-0.3, -0.25) is 0 Å². The number of hydrogen-bond acceptors (Lipinski definition) is 0. The van der Waals surface area contributed by atoms with Crippen molar-refractivity contribution in [3.05, 3.63) is 192 Å². The first-order valence-electron chi connectivity index (χ1n) is 19.9. The van der Waals surface area contributed by atoms with Crippen LogP contribution in [0, 0.1) is 0 Å². The summed E-state index contributed by atoms with van der Waals surface area (Å²) in [7, 11) is 0. The second-order valence-electron chi connectivity index (χ2n) is 17.0. The van der Waals surface area contributed by atoms with E-state index in [4.69, 9.17) is 0 Å². The van der Waals surface area contributed by atoms with Crippen LogP contribution in [0.3, 0.4) is 0 Å². The molecule has 0 aliphatic heterocycles. The third kappa shape index (κ3) is 4.11. The van der Waals surface area contributed by atoms with Gasteiger partial charge >= 0.3 is 0 Å².